The first kappa shape index (κ1) is 11.0. The number of thiophene rings is 1. The average molecular weight is 240 g/mol. The van der Waals surface area contributed by atoms with Gasteiger partial charge in [-0.05, 0) is 32.9 Å². The van der Waals surface area contributed by atoms with E-state index in [-0.39, 0.29) is 0 Å². The van der Waals surface area contributed by atoms with E-state index in [2.05, 4.69) is 43.2 Å². The molecule has 1 aromatic rings. The number of amidine groups is 1. The third-order valence-electron chi connectivity index (χ3n) is 2.33. The lowest BCUT2D eigenvalue weighted by atomic mass is 10.3. The highest BCUT2D eigenvalue weighted by molar-refractivity contribution is 8.14. The summed E-state index contributed by atoms with van der Waals surface area (Å²) in [6.45, 7) is 6.49. The van der Waals surface area contributed by atoms with Gasteiger partial charge in [-0.3, -0.25) is 4.99 Å². The van der Waals surface area contributed by atoms with E-state index in [1.54, 1.807) is 0 Å². The molecule has 1 aliphatic rings. The van der Waals surface area contributed by atoms with E-state index in [0.717, 1.165) is 10.9 Å². The number of aryl methyl sites for hydroxylation is 1. The minimum atomic E-state index is 0.375. The molecule has 0 saturated heterocycles. The molecule has 0 aliphatic carbocycles. The van der Waals surface area contributed by atoms with Gasteiger partial charge < -0.3 is 5.32 Å². The van der Waals surface area contributed by atoms with Crippen molar-refractivity contribution >= 4 is 28.3 Å². The first-order valence-corrected chi connectivity index (χ1v) is 6.99. The van der Waals surface area contributed by atoms with Crippen molar-refractivity contribution in [3.63, 3.8) is 0 Å². The molecule has 2 atom stereocenters. The summed E-state index contributed by atoms with van der Waals surface area (Å²) in [7, 11) is 0. The summed E-state index contributed by atoms with van der Waals surface area (Å²) in [4.78, 5) is 7.29. The van der Waals surface area contributed by atoms with Gasteiger partial charge in [-0.25, -0.2) is 0 Å². The molecule has 1 N–H and O–H groups in total. The second-order valence-corrected chi connectivity index (χ2v) is 6.24. The van der Waals surface area contributed by atoms with Crippen LogP contribution in [-0.2, 0) is 0 Å². The second-order valence-electron chi connectivity index (χ2n) is 3.91. The van der Waals surface area contributed by atoms with E-state index >= 15 is 0 Å². The predicted octanol–water partition coefficient (Wildman–Crippen LogP) is 3.20. The van der Waals surface area contributed by atoms with Crippen LogP contribution in [0.1, 0.15) is 29.6 Å². The normalized spacial score (nSPS) is 22.6. The molecule has 0 radical (unpaired) electrons. The number of nitrogens with one attached hydrogen (secondary N) is 1. The molecule has 0 saturated carbocycles. The number of rotatable bonds is 2. The van der Waals surface area contributed by atoms with Crippen LogP contribution in [0.5, 0.6) is 0 Å². The van der Waals surface area contributed by atoms with Gasteiger partial charge >= 0.3 is 0 Å². The molecule has 4 heteroatoms. The number of hydrogen-bond acceptors (Lipinski definition) is 4. The van der Waals surface area contributed by atoms with Crippen LogP contribution in [-0.4, -0.2) is 17.0 Å². The van der Waals surface area contributed by atoms with Crippen molar-refractivity contribution in [2.45, 2.75) is 32.9 Å². The Bertz CT molecular complexity index is 370. The fraction of sp³-hybridized carbons (Fsp3) is 0.545. The molecule has 15 heavy (non-hydrogen) atoms. The molecular formula is C11H16N2S2. The van der Waals surface area contributed by atoms with E-state index in [1.165, 1.54) is 9.75 Å². The standard InChI is InChI=1S/C11H16N2S2/c1-7-6-14-11(12-7)13-9(3)10-5-4-8(2)15-10/h4-5,7,9H,6H2,1-3H3,(H,12,13). The molecule has 1 aromatic heterocycles. The van der Waals surface area contributed by atoms with E-state index < -0.39 is 0 Å². The van der Waals surface area contributed by atoms with Crippen molar-refractivity contribution in [2.75, 3.05) is 5.75 Å². The largest absolute Gasteiger partial charge is 0.358 e. The van der Waals surface area contributed by atoms with E-state index in [0.29, 0.717) is 12.1 Å². The van der Waals surface area contributed by atoms with Crippen LogP contribution >= 0.6 is 23.1 Å². The van der Waals surface area contributed by atoms with Gasteiger partial charge in [-0.1, -0.05) is 11.8 Å². The molecule has 1 aliphatic heterocycles. The van der Waals surface area contributed by atoms with Crippen molar-refractivity contribution < 1.29 is 0 Å². The minimum absolute atomic E-state index is 0.375. The molecule has 2 rings (SSSR count). The monoisotopic (exact) mass is 240 g/mol. The highest BCUT2D eigenvalue weighted by Gasteiger charge is 2.16. The fourth-order valence-electron chi connectivity index (χ4n) is 1.50. The SMILES string of the molecule is Cc1ccc(C(C)NC2=NC(C)CS2)s1. The van der Waals surface area contributed by atoms with Crippen LogP contribution in [0.15, 0.2) is 17.1 Å². The lowest BCUT2D eigenvalue weighted by Crippen LogP contribution is -2.22. The molecule has 0 amide bonds. The predicted molar refractivity (Wildman–Crippen MR) is 70.0 cm³/mol. The Hall–Kier alpha value is -0.480. The zero-order valence-electron chi connectivity index (χ0n) is 9.28. The van der Waals surface area contributed by atoms with Gasteiger partial charge in [0.25, 0.3) is 0 Å². The average Bonchev–Trinajstić information content (AvgIpc) is 2.75. The summed E-state index contributed by atoms with van der Waals surface area (Å²) in [6.07, 6.45) is 0. The summed E-state index contributed by atoms with van der Waals surface area (Å²) in [6, 6.07) is 5.21. The lowest BCUT2D eigenvalue weighted by Gasteiger charge is -2.12. The van der Waals surface area contributed by atoms with Crippen LogP contribution in [0, 0.1) is 6.92 Å². The molecule has 2 nitrogen and oxygen atoms in total. The quantitative estimate of drug-likeness (QED) is 0.858. The first-order chi connectivity index (χ1) is 7.15. The van der Waals surface area contributed by atoms with E-state index in [1.807, 2.05) is 23.1 Å². The van der Waals surface area contributed by atoms with Crippen molar-refractivity contribution in [3.05, 3.63) is 21.9 Å². The summed E-state index contributed by atoms with van der Waals surface area (Å²) in [5.41, 5.74) is 0. The third-order valence-corrected chi connectivity index (χ3v) is 4.66. The molecule has 0 fully saturated rings. The van der Waals surface area contributed by atoms with E-state index in [4.69, 9.17) is 0 Å². The Kier molecular flexibility index (Phi) is 3.36. The Balaban J connectivity index is 1.98. The number of nitrogens with zero attached hydrogens (tertiary/aromatic N) is 1. The Morgan fingerprint density at radius 2 is 2.33 bits per heavy atom. The Morgan fingerprint density at radius 1 is 1.53 bits per heavy atom. The van der Waals surface area contributed by atoms with Gasteiger partial charge in [0.15, 0.2) is 5.17 Å². The van der Waals surface area contributed by atoms with Crippen molar-refractivity contribution in [1.82, 2.24) is 5.32 Å². The van der Waals surface area contributed by atoms with Gasteiger partial charge in [0.05, 0.1) is 12.1 Å². The summed E-state index contributed by atoms with van der Waals surface area (Å²) >= 11 is 3.68. The molecular weight excluding hydrogens is 224 g/mol. The van der Waals surface area contributed by atoms with Gasteiger partial charge in [-0.2, -0.15) is 0 Å². The number of hydrogen-bond donors (Lipinski definition) is 1. The molecule has 0 spiro atoms. The second kappa shape index (κ2) is 4.58. The third kappa shape index (κ3) is 2.75. The van der Waals surface area contributed by atoms with Gasteiger partial charge in [0, 0.05) is 15.5 Å². The smallest absolute Gasteiger partial charge is 0.157 e. The molecule has 2 heterocycles. The molecule has 2 unspecified atom stereocenters. The van der Waals surface area contributed by atoms with Gasteiger partial charge in [-0.15, -0.1) is 11.3 Å². The van der Waals surface area contributed by atoms with Crippen LogP contribution in [0.2, 0.25) is 0 Å². The highest BCUT2D eigenvalue weighted by atomic mass is 32.2. The summed E-state index contributed by atoms with van der Waals surface area (Å²) in [5.74, 6) is 1.11. The fourth-order valence-corrected chi connectivity index (χ4v) is 3.36. The summed E-state index contributed by atoms with van der Waals surface area (Å²) < 4.78 is 0. The zero-order valence-corrected chi connectivity index (χ0v) is 10.9. The zero-order chi connectivity index (χ0) is 10.8. The van der Waals surface area contributed by atoms with Crippen LogP contribution in [0.3, 0.4) is 0 Å². The van der Waals surface area contributed by atoms with Crippen LogP contribution in [0.25, 0.3) is 0 Å². The van der Waals surface area contributed by atoms with Crippen molar-refractivity contribution in [1.29, 1.82) is 0 Å². The number of aliphatic imine (C=N–C) groups is 1. The first-order valence-electron chi connectivity index (χ1n) is 5.18. The lowest BCUT2D eigenvalue weighted by molar-refractivity contribution is 0.732. The van der Waals surface area contributed by atoms with Gasteiger partial charge in [0.2, 0.25) is 0 Å². The maximum Gasteiger partial charge on any atom is 0.157 e. The molecule has 0 bridgehead atoms. The van der Waals surface area contributed by atoms with Crippen LogP contribution in [0.4, 0.5) is 0 Å². The Labute approximate surface area is 99.2 Å². The van der Waals surface area contributed by atoms with Gasteiger partial charge in [0.1, 0.15) is 0 Å². The summed E-state index contributed by atoms with van der Waals surface area (Å²) in [5, 5.41) is 4.56. The van der Waals surface area contributed by atoms with Crippen LogP contribution < -0.4 is 5.32 Å². The molecule has 82 valence electrons. The Morgan fingerprint density at radius 3 is 2.87 bits per heavy atom. The van der Waals surface area contributed by atoms with Crippen molar-refractivity contribution in [2.24, 2.45) is 4.99 Å². The molecule has 0 aromatic carbocycles. The number of thioether (sulfide) groups is 1. The maximum atomic E-state index is 4.53. The van der Waals surface area contributed by atoms with Crippen molar-refractivity contribution in [3.8, 4) is 0 Å². The minimum Gasteiger partial charge on any atom is -0.358 e. The highest BCUT2D eigenvalue weighted by Crippen LogP contribution is 2.24. The maximum absolute atomic E-state index is 4.53. The van der Waals surface area contributed by atoms with E-state index in [9.17, 15) is 0 Å². The topological polar surface area (TPSA) is 24.4 Å².